The molecule has 0 fully saturated rings. The van der Waals surface area contributed by atoms with Crippen molar-refractivity contribution in [3.63, 3.8) is 0 Å². The Balaban J connectivity index is 1.83. The minimum absolute atomic E-state index is 0.166. The Labute approximate surface area is 376 Å². The van der Waals surface area contributed by atoms with Gasteiger partial charge >= 0.3 is 11.9 Å². The van der Waals surface area contributed by atoms with Crippen LogP contribution in [0.5, 0.6) is 11.5 Å². The second-order valence-electron chi connectivity index (χ2n) is 17.3. The monoisotopic (exact) mass is 863 g/mol. The molecule has 0 radical (unpaired) electrons. The fourth-order valence-corrected chi connectivity index (χ4v) is 7.90. The van der Waals surface area contributed by atoms with Crippen LogP contribution in [-0.2, 0) is 35.0 Å². The predicted octanol–water partition coefficient (Wildman–Crippen LogP) is 14.6. The maximum atomic E-state index is 13.1. The number of carbonyl (C=O) groups is 2. The molecule has 0 saturated heterocycles. The van der Waals surface area contributed by atoms with Crippen LogP contribution in [0, 0.1) is 0 Å². The van der Waals surface area contributed by atoms with Crippen molar-refractivity contribution in [1.82, 2.24) is 0 Å². The molecule has 3 rings (SSSR count). The van der Waals surface area contributed by atoms with Crippen molar-refractivity contribution in [2.45, 2.75) is 207 Å². The summed E-state index contributed by atoms with van der Waals surface area (Å²) in [6, 6.07) is 14.5. The molecule has 0 aliphatic heterocycles. The van der Waals surface area contributed by atoms with E-state index in [-0.39, 0.29) is 38.4 Å². The van der Waals surface area contributed by atoms with Crippen LogP contribution in [0.1, 0.15) is 194 Å². The van der Waals surface area contributed by atoms with Gasteiger partial charge in [0.15, 0.2) is 12.2 Å². The third kappa shape index (κ3) is 21.3. The minimum atomic E-state index is -0.546. The highest BCUT2D eigenvalue weighted by atomic mass is 16.6. The van der Waals surface area contributed by atoms with E-state index in [9.17, 15) is 9.59 Å². The number of ether oxygens (including phenoxy) is 6. The van der Waals surface area contributed by atoms with Gasteiger partial charge in [0.2, 0.25) is 0 Å². The Morgan fingerprint density at radius 2 is 0.823 bits per heavy atom. The average Bonchev–Trinajstić information content (AvgIpc) is 3.28. The fourth-order valence-electron chi connectivity index (χ4n) is 7.90. The lowest BCUT2D eigenvalue weighted by Gasteiger charge is -2.23. The molecule has 0 aromatic heterocycles. The molecule has 0 bridgehead atoms. The van der Waals surface area contributed by atoms with Gasteiger partial charge in [-0.2, -0.15) is 0 Å². The Morgan fingerprint density at radius 3 is 1.26 bits per heavy atom. The summed E-state index contributed by atoms with van der Waals surface area (Å²) in [7, 11) is 0. The summed E-state index contributed by atoms with van der Waals surface area (Å²) in [4.78, 5) is 26.2. The van der Waals surface area contributed by atoms with Gasteiger partial charge < -0.3 is 28.4 Å². The zero-order chi connectivity index (χ0) is 44.5. The molecule has 0 N–H and O–H groups in total. The van der Waals surface area contributed by atoms with E-state index in [0.29, 0.717) is 26.1 Å². The lowest BCUT2D eigenvalue weighted by molar-refractivity contribution is -0.155. The van der Waals surface area contributed by atoms with Crippen LogP contribution in [0.2, 0.25) is 0 Å². The molecular weight excluding hydrogens is 777 g/mol. The third-order valence-electron chi connectivity index (χ3n) is 11.7. The predicted molar refractivity (Wildman–Crippen MR) is 257 cm³/mol. The van der Waals surface area contributed by atoms with Gasteiger partial charge in [0.1, 0.15) is 24.7 Å². The van der Waals surface area contributed by atoms with E-state index in [1.54, 1.807) is 0 Å². The van der Waals surface area contributed by atoms with E-state index in [4.69, 9.17) is 28.4 Å². The number of hydrogen-bond acceptors (Lipinski definition) is 8. The molecule has 0 amide bonds. The molecule has 0 spiro atoms. The highest BCUT2D eigenvalue weighted by Crippen LogP contribution is 2.43. The quantitative estimate of drug-likeness (QED) is 0.0318. The topological polar surface area (TPSA) is 89.5 Å². The van der Waals surface area contributed by atoms with Crippen LogP contribution in [0.4, 0.5) is 0 Å². The normalized spacial score (nSPS) is 12.5. The first kappa shape index (κ1) is 53.0. The van der Waals surface area contributed by atoms with Crippen molar-refractivity contribution in [3.05, 3.63) is 48.0 Å². The summed E-state index contributed by atoms with van der Waals surface area (Å²) in [5, 5.41) is 3.63. The Hall–Kier alpha value is -3.36. The number of rotatable bonds is 39. The number of esters is 2. The summed E-state index contributed by atoms with van der Waals surface area (Å²) in [6.07, 6.45) is 25.4. The van der Waals surface area contributed by atoms with Gasteiger partial charge in [0.05, 0.1) is 13.2 Å². The van der Waals surface area contributed by atoms with Gasteiger partial charge in [-0.15, -0.1) is 0 Å². The van der Waals surface area contributed by atoms with Crippen molar-refractivity contribution in [1.29, 1.82) is 0 Å². The molecule has 350 valence electrons. The second kappa shape index (κ2) is 34.1. The van der Waals surface area contributed by atoms with Crippen LogP contribution >= 0.6 is 0 Å². The van der Waals surface area contributed by atoms with E-state index in [1.165, 1.54) is 82.6 Å². The van der Waals surface area contributed by atoms with E-state index < -0.39 is 12.2 Å². The summed E-state index contributed by atoms with van der Waals surface area (Å²) in [5.74, 6) is 1.04. The maximum Gasteiger partial charge on any atom is 0.306 e. The van der Waals surface area contributed by atoms with Crippen LogP contribution in [0.15, 0.2) is 42.5 Å². The SMILES string of the molecule is CCCCCCCCOCC(COc1c2ccccc2c(OCC(COCCCCCCCC)OC(=O)CCCCCCC)c2cc(CC)ccc12)OC(=O)CCCCCCC. The molecule has 62 heavy (non-hydrogen) atoms. The molecule has 0 heterocycles. The first-order chi connectivity index (χ1) is 30.4. The first-order valence-corrected chi connectivity index (χ1v) is 25.2. The number of fused-ring (bicyclic) bond motifs is 2. The molecule has 8 heteroatoms. The molecule has 2 atom stereocenters. The third-order valence-corrected chi connectivity index (χ3v) is 11.7. The average molecular weight is 863 g/mol. The smallest absolute Gasteiger partial charge is 0.306 e. The summed E-state index contributed by atoms with van der Waals surface area (Å²) < 4.78 is 37.9. The van der Waals surface area contributed by atoms with Crippen LogP contribution in [-0.4, -0.2) is 63.8 Å². The van der Waals surface area contributed by atoms with Gasteiger partial charge in [0.25, 0.3) is 0 Å². The maximum absolute atomic E-state index is 13.1. The van der Waals surface area contributed by atoms with E-state index in [0.717, 1.165) is 104 Å². The first-order valence-electron chi connectivity index (χ1n) is 25.2. The molecule has 0 aliphatic carbocycles. The molecule has 3 aromatic rings. The number of carbonyl (C=O) groups excluding carboxylic acids is 2. The highest BCUT2D eigenvalue weighted by molar-refractivity contribution is 6.11. The van der Waals surface area contributed by atoms with Crippen LogP contribution in [0.3, 0.4) is 0 Å². The molecule has 2 unspecified atom stereocenters. The number of hydrogen-bond donors (Lipinski definition) is 0. The zero-order valence-corrected chi connectivity index (χ0v) is 39.9. The van der Waals surface area contributed by atoms with Crippen molar-refractivity contribution < 1.29 is 38.0 Å². The molecule has 0 saturated carbocycles. The van der Waals surface area contributed by atoms with E-state index in [2.05, 4.69) is 65.0 Å². The van der Waals surface area contributed by atoms with E-state index >= 15 is 0 Å². The van der Waals surface area contributed by atoms with Gasteiger partial charge in [-0.05, 0) is 43.7 Å². The van der Waals surface area contributed by atoms with Gasteiger partial charge in [-0.25, -0.2) is 0 Å². The molecule has 3 aromatic carbocycles. The molecule has 8 nitrogen and oxygen atoms in total. The second-order valence-corrected chi connectivity index (χ2v) is 17.3. The number of benzene rings is 3. The summed E-state index contributed by atoms with van der Waals surface area (Å²) in [6.45, 7) is 13.2. The minimum Gasteiger partial charge on any atom is -0.488 e. The van der Waals surface area contributed by atoms with Gasteiger partial charge in [0, 0.05) is 47.6 Å². The van der Waals surface area contributed by atoms with Crippen molar-refractivity contribution in [2.24, 2.45) is 0 Å². The fraction of sp³-hybridized carbons (Fsp3) is 0.704. The lowest BCUT2D eigenvalue weighted by atomic mass is 9.98. The lowest BCUT2D eigenvalue weighted by Crippen LogP contribution is -2.30. The summed E-state index contributed by atoms with van der Waals surface area (Å²) in [5.41, 5.74) is 1.17. The summed E-state index contributed by atoms with van der Waals surface area (Å²) >= 11 is 0. The largest absolute Gasteiger partial charge is 0.488 e. The zero-order valence-electron chi connectivity index (χ0n) is 39.9. The van der Waals surface area contributed by atoms with Crippen molar-refractivity contribution in [2.75, 3.05) is 39.6 Å². The Morgan fingerprint density at radius 1 is 0.435 bits per heavy atom. The standard InChI is InChI=1S/C54H86O8/c1-6-11-15-19-23-29-37-57-40-45(61-51(55)33-25-21-17-13-8-3)42-59-53-47-31-27-28-32-48(47)54(50-39-44(10-5)35-36-49(50)53)60-43-46(41-58-38-30-24-20-16-12-7-2)62-52(56)34-26-22-18-14-9-4/h27-28,31-32,35-36,39,45-46H,6-26,29-30,33-34,37-38,40-43H2,1-5H3. The van der Waals surface area contributed by atoms with Gasteiger partial charge in [-0.3, -0.25) is 9.59 Å². The molecule has 0 aliphatic rings. The Kier molecular flexibility index (Phi) is 29.1. The van der Waals surface area contributed by atoms with Gasteiger partial charge in [-0.1, -0.05) is 187 Å². The van der Waals surface area contributed by atoms with E-state index in [1.807, 2.05) is 12.1 Å². The highest BCUT2D eigenvalue weighted by Gasteiger charge is 2.23. The van der Waals surface area contributed by atoms with Crippen LogP contribution < -0.4 is 9.47 Å². The number of unbranched alkanes of at least 4 members (excludes halogenated alkanes) is 18. The van der Waals surface area contributed by atoms with Crippen molar-refractivity contribution >= 4 is 33.5 Å². The van der Waals surface area contributed by atoms with Crippen LogP contribution in [0.25, 0.3) is 21.5 Å². The molecular formula is C54H86O8. The Bertz CT molecular complexity index is 1620. The van der Waals surface area contributed by atoms with Crippen molar-refractivity contribution in [3.8, 4) is 11.5 Å². The number of aryl methyl sites for hydroxylation is 1.